The van der Waals surface area contributed by atoms with Gasteiger partial charge in [0.2, 0.25) is 5.91 Å². The molecule has 4 rings (SSSR count). The number of carbonyl (C=O) groups is 1. The van der Waals surface area contributed by atoms with Crippen LogP contribution in [0.4, 0.5) is 0 Å². The van der Waals surface area contributed by atoms with Gasteiger partial charge in [-0.05, 0) is 47.7 Å². The molecule has 1 amide bonds. The summed E-state index contributed by atoms with van der Waals surface area (Å²) in [7, 11) is -3.12. The second kappa shape index (κ2) is 8.67. The number of benzene rings is 2. The van der Waals surface area contributed by atoms with E-state index in [4.69, 9.17) is 16.0 Å². The van der Waals surface area contributed by atoms with Crippen LogP contribution in [0.5, 0.6) is 0 Å². The lowest BCUT2D eigenvalue weighted by molar-refractivity contribution is -0.133. The van der Waals surface area contributed by atoms with E-state index in [1.165, 1.54) is 5.56 Å². The normalized spacial score (nSPS) is 18.0. The minimum absolute atomic E-state index is 0.00988. The van der Waals surface area contributed by atoms with Crippen LogP contribution in [-0.4, -0.2) is 36.8 Å². The molecule has 1 saturated heterocycles. The van der Waals surface area contributed by atoms with E-state index in [9.17, 15) is 13.2 Å². The first-order valence-electron chi connectivity index (χ1n) is 10.5. The Balaban J connectivity index is 1.62. The van der Waals surface area contributed by atoms with Crippen LogP contribution >= 0.6 is 11.6 Å². The molecule has 164 valence electrons. The van der Waals surface area contributed by atoms with Crippen LogP contribution in [0.15, 0.2) is 53.1 Å². The van der Waals surface area contributed by atoms with Gasteiger partial charge in [-0.2, -0.15) is 0 Å². The maximum atomic E-state index is 13.4. The maximum absolute atomic E-state index is 13.4. The molecule has 1 aliphatic rings. The molecule has 1 unspecified atom stereocenters. The van der Waals surface area contributed by atoms with Gasteiger partial charge in [0.15, 0.2) is 9.84 Å². The smallest absolute Gasteiger partial charge is 0.227 e. The zero-order valence-corrected chi connectivity index (χ0v) is 19.2. The number of hydrogen-bond donors (Lipinski definition) is 0. The van der Waals surface area contributed by atoms with Crippen LogP contribution in [0.3, 0.4) is 0 Å². The van der Waals surface area contributed by atoms with E-state index < -0.39 is 9.84 Å². The van der Waals surface area contributed by atoms with Crippen LogP contribution in [0, 0.1) is 0 Å². The molecular weight excluding hydrogens is 434 g/mol. The highest BCUT2D eigenvalue weighted by atomic mass is 35.5. The summed E-state index contributed by atoms with van der Waals surface area (Å²) in [5.41, 5.74) is 3.67. The van der Waals surface area contributed by atoms with Crippen molar-refractivity contribution in [1.82, 2.24) is 4.90 Å². The predicted octanol–water partition coefficient (Wildman–Crippen LogP) is 4.97. The lowest BCUT2D eigenvalue weighted by Crippen LogP contribution is -2.41. The van der Waals surface area contributed by atoms with Crippen LogP contribution in [0.25, 0.3) is 11.0 Å². The Morgan fingerprint density at radius 1 is 1.19 bits per heavy atom. The lowest BCUT2D eigenvalue weighted by atomic mass is 9.99. The first kappa shape index (κ1) is 21.9. The van der Waals surface area contributed by atoms with E-state index in [1.54, 1.807) is 23.3 Å². The number of fused-ring (bicyclic) bond motifs is 1. The monoisotopic (exact) mass is 459 g/mol. The summed E-state index contributed by atoms with van der Waals surface area (Å²) in [6.07, 6.45) is 2.27. The predicted molar refractivity (Wildman–Crippen MR) is 123 cm³/mol. The third kappa shape index (κ3) is 4.96. The number of rotatable bonds is 6. The van der Waals surface area contributed by atoms with Crippen molar-refractivity contribution in [2.24, 2.45) is 0 Å². The molecule has 0 aliphatic carbocycles. The fourth-order valence-electron chi connectivity index (χ4n) is 4.09. The second-order valence-corrected chi connectivity index (χ2v) is 11.2. The van der Waals surface area contributed by atoms with Gasteiger partial charge in [-0.15, -0.1) is 0 Å². The SMILES string of the molecule is CC(C)c1ccc2occ(CC(=O)N(Cc3ccc(Cl)cc3)C3CCS(=O)(=O)C3)c2c1. The van der Waals surface area contributed by atoms with Crippen LogP contribution in [0.1, 0.15) is 42.9 Å². The first-order valence-corrected chi connectivity index (χ1v) is 12.7. The van der Waals surface area contributed by atoms with Crippen molar-refractivity contribution in [3.63, 3.8) is 0 Å². The van der Waals surface area contributed by atoms with Gasteiger partial charge < -0.3 is 9.32 Å². The fourth-order valence-corrected chi connectivity index (χ4v) is 5.95. The van der Waals surface area contributed by atoms with E-state index in [-0.39, 0.29) is 29.9 Å². The Kier molecular flexibility index (Phi) is 6.13. The number of sulfone groups is 1. The average Bonchev–Trinajstić information content (AvgIpc) is 3.29. The summed E-state index contributed by atoms with van der Waals surface area (Å²) in [5.74, 6) is 0.396. The maximum Gasteiger partial charge on any atom is 0.227 e. The second-order valence-electron chi connectivity index (χ2n) is 8.55. The number of furan rings is 1. The Hall–Kier alpha value is -2.31. The number of hydrogen-bond acceptors (Lipinski definition) is 4. The van der Waals surface area contributed by atoms with Crippen molar-refractivity contribution in [2.45, 2.75) is 45.2 Å². The Bertz CT molecular complexity index is 1200. The number of nitrogens with zero attached hydrogens (tertiary/aromatic N) is 1. The molecule has 1 aromatic heterocycles. The van der Waals surface area contributed by atoms with E-state index in [0.29, 0.717) is 23.9 Å². The summed E-state index contributed by atoms with van der Waals surface area (Å²) < 4.78 is 29.8. The van der Waals surface area contributed by atoms with Crippen molar-refractivity contribution in [1.29, 1.82) is 0 Å². The zero-order chi connectivity index (χ0) is 22.2. The van der Waals surface area contributed by atoms with E-state index in [0.717, 1.165) is 22.1 Å². The highest BCUT2D eigenvalue weighted by molar-refractivity contribution is 7.91. The van der Waals surface area contributed by atoms with Gasteiger partial charge >= 0.3 is 0 Å². The lowest BCUT2D eigenvalue weighted by Gasteiger charge is -2.28. The Morgan fingerprint density at radius 3 is 2.58 bits per heavy atom. The average molecular weight is 460 g/mol. The molecule has 0 N–H and O–H groups in total. The number of carbonyl (C=O) groups excluding carboxylic acids is 1. The summed E-state index contributed by atoms with van der Waals surface area (Å²) in [6, 6.07) is 13.0. The third-order valence-electron chi connectivity index (χ3n) is 5.92. The van der Waals surface area contributed by atoms with Crippen molar-refractivity contribution < 1.29 is 17.6 Å². The zero-order valence-electron chi connectivity index (χ0n) is 17.7. The molecule has 0 radical (unpaired) electrons. The van der Waals surface area contributed by atoms with Crippen LogP contribution < -0.4 is 0 Å². The molecule has 2 heterocycles. The molecule has 0 spiro atoms. The molecule has 1 fully saturated rings. The Labute approximate surface area is 187 Å². The summed E-state index contributed by atoms with van der Waals surface area (Å²) in [4.78, 5) is 15.1. The van der Waals surface area contributed by atoms with Crippen molar-refractivity contribution in [2.75, 3.05) is 11.5 Å². The number of halogens is 1. The molecule has 0 bridgehead atoms. The van der Waals surface area contributed by atoms with Gasteiger partial charge in [-0.25, -0.2) is 8.42 Å². The van der Waals surface area contributed by atoms with E-state index in [2.05, 4.69) is 19.9 Å². The fraction of sp³-hybridized carbons (Fsp3) is 0.375. The number of amides is 1. The first-order chi connectivity index (χ1) is 14.7. The molecule has 2 aromatic carbocycles. The van der Waals surface area contributed by atoms with Gasteiger partial charge in [0.05, 0.1) is 24.2 Å². The topological polar surface area (TPSA) is 67.6 Å². The molecule has 0 saturated carbocycles. The molecule has 7 heteroatoms. The molecule has 1 atom stereocenters. The highest BCUT2D eigenvalue weighted by Gasteiger charge is 2.35. The summed E-state index contributed by atoms with van der Waals surface area (Å²) >= 11 is 5.99. The summed E-state index contributed by atoms with van der Waals surface area (Å²) in [6.45, 7) is 4.60. The molecular formula is C24H26ClNO4S. The summed E-state index contributed by atoms with van der Waals surface area (Å²) in [5, 5.41) is 1.56. The van der Waals surface area contributed by atoms with Crippen molar-refractivity contribution in [3.8, 4) is 0 Å². The van der Waals surface area contributed by atoms with Crippen LogP contribution in [-0.2, 0) is 27.6 Å². The van der Waals surface area contributed by atoms with Crippen molar-refractivity contribution in [3.05, 3.63) is 70.4 Å². The quantitative estimate of drug-likeness (QED) is 0.522. The minimum atomic E-state index is -3.12. The molecule has 1 aliphatic heterocycles. The largest absolute Gasteiger partial charge is 0.464 e. The van der Waals surface area contributed by atoms with Gasteiger partial charge in [0.1, 0.15) is 5.58 Å². The van der Waals surface area contributed by atoms with E-state index in [1.807, 2.05) is 24.3 Å². The third-order valence-corrected chi connectivity index (χ3v) is 7.92. The van der Waals surface area contributed by atoms with E-state index >= 15 is 0 Å². The minimum Gasteiger partial charge on any atom is -0.464 e. The van der Waals surface area contributed by atoms with Gasteiger partial charge in [-0.3, -0.25) is 4.79 Å². The molecule has 3 aromatic rings. The molecule has 5 nitrogen and oxygen atoms in total. The molecule has 31 heavy (non-hydrogen) atoms. The van der Waals surface area contributed by atoms with Gasteiger partial charge in [0, 0.05) is 28.6 Å². The Morgan fingerprint density at radius 2 is 1.94 bits per heavy atom. The van der Waals surface area contributed by atoms with Gasteiger partial charge in [-0.1, -0.05) is 43.6 Å². The van der Waals surface area contributed by atoms with Crippen molar-refractivity contribution >= 4 is 38.3 Å². The van der Waals surface area contributed by atoms with Gasteiger partial charge in [0.25, 0.3) is 0 Å². The van der Waals surface area contributed by atoms with Crippen LogP contribution in [0.2, 0.25) is 5.02 Å². The standard InChI is InChI=1S/C24H26ClNO4S/c1-16(2)18-5-8-23-22(11-18)19(14-30-23)12-24(27)26(21-9-10-31(28,29)15-21)13-17-3-6-20(25)7-4-17/h3-8,11,14,16,21H,9-10,12-13,15H2,1-2H3. The highest BCUT2D eigenvalue weighted by Crippen LogP contribution is 2.28.